The molecule has 2 nitrogen and oxygen atoms in total. The molecule has 0 spiro atoms. The number of halogens is 1. The van der Waals surface area contributed by atoms with Crippen LogP contribution >= 0.6 is 11.6 Å². The first-order chi connectivity index (χ1) is 10.2. The van der Waals surface area contributed by atoms with E-state index in [1.54, 1.807) is 0 Å². The third kappa shape index (κ3) is 4.24. The van der Waals surface area contributed by atoms with Gasteiger partial charge in [0.15, 0.2) is 0 Å². The normalized spacial score (nSPS) is 11.7. The molecule has 0 amide bonds. The van der Waals surface area contributed by atoms with Crippen molar-refractivity contribution in [2.45, 2.75) is 25.7 Å². The van der Waals surface area contributed by atoms with Crippen molar-refractivity contribution in [1.82, 2.24) is 0 Å². The zero-order valence-corrected chi connectivity index (χ0v) is 12.8. The number of hydrogen-bond acceptors (Lipinski definition) is 2. The van der Waals surface area contributed by atoms with E-state index in [0.29, 0.717) is 18.1 Å². The molecule has 0 fully saturated rings. The molecule has 108 valence electrons. The van der Waals surface area contributed by atoms with Crippen molar-refractivity contribution >= 4 is 11.6 Å². The summed E-state index contributed by atoms with van der Waals surface area (Å²) >= 11 is 6.14. The number of hydrogen-bond donors (Lipinski definition) is 0. The maximum atomic E-state index is 9.32. The lowest BCUT2D eigenvalue weighted by Crippen LogP contribution is -2.05. The molecule has 0 radical (unpaired) electrons. The van der Waals surface area contributed by atoms with Gasteiger partial charge in [0.25, 0.3) is 0 Å². The first kappa shape index (κ1) is 15.4. The van der Waals surface area contributed by atoms with E-state index in [1.807, 2.05) is 42.5 Å². The average molecular weight is 300 g/mol. The molecule has 0 heterocycles. The van der Waals surface area contributed by atoms with E-state index < -0.39 is 0 Å². The summed E-state index contributed by atoms with van der Waals surface area (Å²) in [6.45, 7) is 2.61. The van der Waals surface area contributed by atoms with Crippen LogP contribution in [-0.4, -0.2) is 6.61 Å². The Bertz CT molecular complexity index is 633. The summed E-state index contributed by atoms with van der Waals surface area (Å²) in [6.07, 6.45) is 1.61. The van der Waals surface area contributed by atoms with Crippen molar-refractivity contribution in [3.63, 3.8) is 0 Å². The van der Waals surface area contributed by atoms with Gasteiger partial charge in [0.1, 0.15) is 5.75 Å². The molecular formula is C18H18ClNO. The van der Waals surface area contributed by atoms with E-state index in [0.717, 1.165) is 17.7 Å². The standard InChI is InChI=1S/C18H18ClNO/c1-2-14-6-5-7-16(12-14)21-11-10-15(13-20)17-8-3-4-9-18(17)19/h3-9,12,15H,2,10-11H2,1H3. The maximum Gasteiger partial charge on any atom is 0.119 e. The molecule has 0 aliphatic rings. The highest BCUT2D eigenvalue weighted by atomic mass is 35.5. The second-order valence-corrected chi connectivity index (χ2v) is 5.25. The van der Waals surface area contributed by atoms with Crippen LogP contribution in [0.1, 0.15) is 30.4 Å². The van der Waals surface area contributed by atoms with Crippen molar-refractivity contribution in [2.75, 3.05) is 6.61 Å². The number of nitriles is 1. The molecule has 0 aliphatic heterocycles. The third-order valence-electron chi connectivity index (χ3n) is 3.42. The zero-order chi connectivity index (χ0) is 15.1. The molecule has 0 bridgehead atoms. The fourth-order valence-electron chi connectivity index (χ4n) is 2.20. The maximum absolute atomic E-state index is 9.32. The molecule has 0 aromatic heterocycles. The summed E-state index contributed by atoms with van der Waals surface area (Å²) in [7, 11) is 0. The van der Waals surface area contributed by atoms with Crippen molar-refractivity contribution in [3.05, 3.63) is 64.7 Å². The second kappa shape index (κ2) is 7.71. The number of rotatable bonds is 6. The van der Waals surface area contributed by atoms with Gasteiger partial charge in [0, 0.05) is 11.4 Å². The molecule has 0 saturated heterocycles. The molecule has 0 aliphatic carbocycles. The minimum Gasteiger partial charge on any atom is -0.494 e. The molecule has 3 heteroatoms. The molecular weight excluding hydrogens is 282 g/mol. The lowest BCUT2D eigenvalue weighted by molar-refractivity contribution is 0.305. The number of aryl methyl sites for hydroxylation is 1. The van der Waals surface area contributed by atoms with E-state index in [4.69, 9.17) is 16.3 Å². The molecule has 2 rings (SSSR count). The SMILES string of the molecule is CCc1cccc(OCCC(C#N)c2ccccc2Cl)c1. The Morgan fingerprint density at radius 1 is 1.19 bits per heavy atom. The van der Waals surface area contributed by atoms with Gasteiger partial charge >= 0.3 is 0 Å². The Morgan fingerprint density at radius 3 is 2.71 bits per heavy atom. The summed E-state index contributed by atoms with van der Waals surface area (Å²) in [5, 5.41) is 9.96. The zero-order valence-electron chi connectivity index (χ0n) is 12.1. The summed E-state index contributed by atoms with van der Waals surface area (Å²) < 4.78 is 5.75. The average Bonchev–Trinajstić information content (AvgIpc) is 2.53. The lowest BCUT2D eigenvalue weighted by atomic mass is 9.98. The first-order valence-electron chi connectivity index (χ1n) is 7.10. The minimum atomic E-state index is -0.243. The molecule has 0 saturated carbocycles. The summed E-state index contributed by atoms with van der Waals surface area (Å²) in [4.78, 5) is 0. The van der Waals surface area contributed by atoms with Crippen LogP contribution in [-0.2, 0) is 6.42 Å². The summed E-state index contributed by atoms with van der Waals surface area (Å²) in [5.41, 5.74) is 2.11. The minimum absolute atomic E-state index is 0.243. The molecule has 21 heavy (non-hydrogen) atoms. The first-order valence-corrected chi connectivity index (χ1v) is 7.48. The Morgan fingerprint density at radius 2 is 2.00 bits per heavy atom. The van der Waals surface area contributed by atoms with Gasteiger partial charge in [-0.05, 0) is 35.7 Å². The summed E-state index contributed by atoms with van der Waals surface area (Å²) in [6, 6.07) is 17.8. The number of benzene rings is 2. The Balaban J connectivity index is 1.95. The van der Waals surface area contributed by atoms with Crippen LogP contribution in [0.2, 0.25) is 5.02 Å². The topological polar surface area (TPSA) is 33.0 Å². The highest BCUT2D eigenvalue weighted by Gasteiger charge is 2.13. The number of ether oxygens (including phenoxy) is 1. The summed E-state index contributed by atoms with van der Waals surface area (Å²) in [5.74, 6) is 0.609. The van der Waals surface area contributed by atoms with Gasteiger partial charge in [-0.2, -0.15) is 5.26 Å². The smallest absolute Gasteiger partial charge is 0.119 e. The highest BCUT2D eigenvalue weighted by Crippen LogP contribution is 2.26. The monoisotopic (exact) mass is 299 g/mol. The Kier molecular flexibility index (Phi) is 5.66. The largest absolute Gasteiger partial charge is 0.494 e. The molecule has 0 N–H and O–H groups in total. The van der Waals surface area contributed by atoms with Gasteiger partial charge in [-0.15, -0.1) is 0 Å². The van der Waals surface area contributed by atoms with Gasteiger partial charge in [-0.1, -0.05) is 48.9 Å². The van der Waals surface area contributed by atoms with Crippen LogP contribution in [0.15, 0.2) is 48.5 Å². The highest BCUT2D eigenvalue weighted by molar-refractivity contribution is 6.31. The fraction of sp³-hybridized carbons (Fsp3) is 0.278. The van der Waals surface area contributed by atoms with Gasteiger partial charge in [-0.25, -0.2) is 0 Å². The van der Waals surface area contributed by atoms with E-state index in [2.05, 4.69) is 19.1 Å². The van der Waals surface area contributed by atoms with Crippen LogP contribution in [0.25, 0.3) is 0 Å². The predicted molar refractivity (Wildman–Crippen MR) is 85.7 cm³/mol. The van der Waals surface area contributed by atoms with Crippen molar-refractivity contribution in [3.8, 4) is 11.8 Å². The van der Waals surface area contributed by atoms with Gasteiger partial charge in [0.2, 0.25) is 0 Å². The van der Waals surface area contributed by atoms with E-state index >= 15 is 0 Å². The molecule has 1 unspecified atom stereocenters. The predicted octanol–water partition coefficient (Wildman–Crippen LogP) is 4.98. The Hall–Kier alpha value is -1.98. The molecule has 2 aromatic rings. The van der Waals surface area contributed by atoms with Crippen LogP contribution in [0.5, 0.6) is 5.75 Å². The van der Waals surface area contributed by atoms with Crippen LogP contribution in [0.4, 0.5) is 0 Å². The number of nitrogens with zero attached hydrogens (tertiary/aromatic N) is 1. The van der Waals surface area contributed by atoms with Gasteiger partial charge in [0.05, 0.1) is 18.6 Å². The fourth-order valence-corrected chi connectivity index (χ4v) is 2.46. The van der Waals surface area contributed by atoms with Gasteiger partial charge < -0.3 is 4.74 Å². The van der Waals surface area contributed by atoms with Crippen LogP contribution in [0, 0.1) is 11.3 Å². The van der Waals surface area contributed by atoms with Crippen molar-refractivity contribution < 1.29 is 4.74 Å². The van der Waals surface area contributed by atoms with Crippen molar-refractivity contribution in [1.29, 1.82) is 5.26 Å². The van der Waals surface area contributed by atoms with Gasteiger partial charge in [-0.3, -0.25) is 0 Å². The van der Waals surface area contributed by atoms with Crippen LogP contribution < -0.4 is 4.74 Å². The lowest BCUT2D eigenvalue weighted by Gasteiger charge is -2.12. The van der Waals surface area contributed by atoms with Crippen LogP contribution in [0.3, 0.4) is 0 Å². The molecule has 2 aromatic carbocycles. The van der Waals surface area contributed by atoms with E-state index in [9.17, 15) is 5.26 Å². The third-order valence-corrected chi connectivity index (χ3v) is 3.76. The van der Waals surface area contributed by atoms with E-state index in [1.165, 1.54) is 5.56 Å². The molecule has 1 atom stereocenters. The van der Waals surface area contributed by atoms with Crippen molar-refractivity contribution in [2.24, 2.45) is 0 Å². The Labute approximate surface area is 130 Å². The quantitative estimate of drug-likeness (QED) is 0.753. The van der Waals surface area contributed by atoms with E-state index in [-0.39, 0.29) is 5.92 Å². The second-order valence-electron chi connectivity index (χ2n) is 4.84.